The van der Waals surface area contributed by atoms with Crippen LogP contribution in [0.4, 0.5) is 0 Å². The number of pyridine rings is 1. The van der Waals surface area contributed by atoms with Gasteiger partial charge in [0.05, 0.1) is 29.8 Å². The van der Waals surface area contributed by atoms with E-state index in [1.165, 1.54) is 5.39 Å². The Labute approximate surface area is 142 Å². The van der Waals surface area contributed by atoms with Gasteiger partial charge >= 0.3 is 0 Å². The highest BCUT2D eigenvalue weighted by Gasteiger charge is 2.47. The number of benzene rings is 1. The van der Waals surface area contributed by atoms with Crippen LogP contribution in [0.1, 0.15) is 5.69 Å². The summed E-state index contributed by atoms with van der Waals surface area (Å²) in [5.74, 6) is 0.494. The lowest BCUT2D eigenvalue weighted by molar-refractivity contribution is -0.134. The fraction of sp³-hybridized carbons (Fsp3) is 0.474. The van der Waals surface area contributed by atoms with Crippen LogP contribution in [0.2, 0.25) is 0 Å². The van der Waals surface area contributed by atoms with Crippen LogP contribution in [0.25, 0.3) is 10.9 Å². The maximum absolute atomic E-state index is 12.3. The monoisotopic (exact) mass is 325 g/mol. The summed E-state index contributed by atoms with van der Waals surface area (Å²) in [6.07, 6.45) is 0.180. The number of carbonyl (C=O) groups excluding carboxylic acids is 1. The molecule has 2 fully saturated rings. The van der Waals surface area contributed by atoms with E-state index in [4.69, 9.17) is 9.72 Å². The van der Waals surface area contributed by atoms with Gasteiger partial charge in [-0.25, -0.2) is 0 Å². The number of likely N-dealkylation sites (tertiary alicyclic amines) is 1. The van der Waals surface area contributed by atoms with E-state index in [9.17, 15) is 4.79 Å². The van der Waals surface area contributed by atoms with E-state index in [0.717, 1.165) is 30.8 Å². The number of aromatic nitrogens is 1. The van der Waals surface area contributed by atoms with Crippen LogP contribution in [-0.4, -0.2) is 60.6 Å². The summed E-state index contributed by atoms with van der Waals surface area (Å²) in [7, 11) is 3.64. The molecular formula is C19H23N3O2. The van der Waals surface area contributed by atoms with Gasteiger partial charge in [0.15, 0.2) is 0 Å². The fourth-order valence-electron chi connectivity index (χ4n) is 3.93. The fourth-order valence-corrected chi connectivity index (χ4v) is 3.93. The molecule has 1 aromatic heterocycles. The molecule has 5 nitrogen and oxygen atoms in total. The average molecular weight is 325 g/mol. The second-order valence-electron chi connectivity index (χ2n) is 7.06. The van der Waals surface area contributed by atoms with Crippen LogP contribution in [0.15, 0.2) is 36.4 Å². The molecule has 5 heteroatoms. The van der Waals surface area contributed by atoms with E-state index >= 15 is 0 Å². The number of para-hydroxylation sites is 1. The van der Waals surface area contributed by atoms with Crippen molar-refractivity contribution < 1.29 is 9.53 Å². The molecule has 0 spiro atoms. The van der Waals surface area contributed by atoms with Gasteiger partial charge < -0.3 is 9.64 Å². The molecule has 3 atom stereocenters. The van der Waals surface area contributed by atoms with Crippen LogP contribution in [0, 0.1) is 11.8 Å². The molecule has 2 saturated heterocycles. The molecule has 0 bridgehead atoms. The normalized spacial score (nSPS) is 26.7. The van der Waals surface area contributed by atoms with E-state index in [0.29, 0.717) is 12.5 Å². The number of hydrogen-bond acceptors (Lipinski definition) is 4. The first-order chi connectivity index (χ1) is 11.6. The molecule has 0 N–H and O–H groups in total. The quantitative estimate of drug-likeness (QED) is 0.863. The van der Waals surface area contributed by atoms with Gasteiger partial charge in [-0.3, -0.25) is 14.7 Å². The van der Waals surface area contributed by atoms with Crippen LogP contribution in [0.3, 0.4) is 0 Å². The van der Waals surface area contributed by atoms with Gasteiger partial charge in [-0.1, -0.05) is 24.3 Å². The number of fused-ring (bicyclic) bond motifs is 2. The van der Waals surface area contributed by atoms with Gasteiger partial charge in [0.1, 0.15) is 0 Å². The molecule has 1 amide bonds. The van der Waals surface area contributed by atoms with E-state index in [-0.39, 0.29) is 17.9 Å². The third-order valence-electron chi connectivity index (χ3n) is 5.19. The molecule has 0 unspecified atom stereocenters. The minimum Gasteiger partial charge on any atom is -0.376 e. The SMILES string of the molecule is CN(C)C(=O)[C@@H]1CO[C@H]2CN(Cc3ccc4ccccc4n3)C[C@H]21. The second kappa shape index (κ2) is 6.15. The zero-order valence-corrected chi connectivity index (χ0v) is 14.2. The molecule has 126 valence electrons. The standard InChI is InChI=1S/C19H23N3O2/c1-21(2)19(23)16-12-24-18-11-22(10-15(16)18)9-14-8-7-13-5-3-4-6-17(13)20-14/h3-8,15-16,18H,9-12H2,1-2H3/t15-,16+,18-/m0/s1. The molecule has 2 aliphatic heterocycles. The summed E-state index contributed by atoms with van der Waals surface area (Å²) >= 11 is 0. The predicted octanol–water partition coefficient (Wildman–Crippen LogP) is 1.77. The van der Waals surface area contributed by atoms with Crippen molar-refractivity contribution >= 4 is 16.8 Å². The summed E-state index contributed by atoms with van der Waals surface area (Å²) in [4.78, 5) is 21.1. The Morgan fingerprint density at radius 3 is 2.92 bits per heavy atom. The molecule has 4 rings (SSSR count). The van der Waals surface area contributed by atoms with Crippen molar-refractivity contribution in [2.45, 2.75) is 12.6 Å². The van der Waals surface area contributed by atoms with Crippen LogP contribution in [-0.2, 0) is 16.1 Å². The van der Waals surface area contributed by atoms with E-state index < -0.39 is 0 Å². The van der Waals surface area contributed by atoms with Gasteiger partial charge in [-0.2, -0.15) is 0 Å². The van der Waals surface area contributed by atoms with Crippen molar-refractivity contribution in [2.24, 2.45) is 11.8 Å². The summed E-state index contributed by atoms with van der Waals surface area (Å²) in [5, 5.41) is 1.17. The molecule has 3 heterocycles. The second-order valence-corrected chi connectivity index (χ2v) is 7.06. The first-order valence-electron chi connectivity index (χ1n) is 8.51. The minimum atomic E-state index is -0.000405. The Kier molecular flexibility index (Phi) is 3.98. The van der Waals surface area contributed by atoms with Gasteiger partial charge in [0.2, 0.25) is 5.91 Å². The van der Waals surface area contributed by atoms with Crippen molar-refractivity contribution in [1.82, 2.24) is 14.8 Å². The minimum absolute atomic E-state index is 0.000405. The number of hydrogen-bond donors (Lipinski definition) is 0. The predicted molar refractivity (Wildman–Crippen MR) is 92.4 cm³/mol. The molecule has 0 saturated carbocycles. The van der Waals surface area contributed by atoms with Crippen molar-refractivity contribution in [2.75, 3.05) is 33.8 Å². The van der Waals surface area contributed by atoms with E-state index in [2.05, 4.69) is 23.1 Å². The lowest BCUT2D eigenvalue weighted by Gasteiger charge is -2.21. The molecule has 24 heavy (non-hydrogen) atoms. The Morgan fingerprint density at radius 1 is 1.25 bits per heavy atom. The highest BCUT2D eigenvalue weighted by atomic mass is 16.5. The smallest absolute Gasteiger partial charge is 0.227 e. The van der Waals surface area contributed by atoms with Gasteiger partial charge in [0.25, 0.3) is 0 Å². The molecule has 1 aromatic carbocycles. The lowest BCUT2D eigenvalue weighted by atomic mass is 9.92. The van der Waals surface area contributed by atoms with Gasteiger partial charge in [-0.05, 0) is 12.1 Å². The first kappa shape index (κ1) is 15.5. The number of nitrogens with zero attached hydrogens (tertiary/aromatic N) is 3. The number of amides is 1. The summed E-state index contributed by atoms with van der Waals surface area (Å²) in [6.45, 7) is 3.16. The van der Waals surface area contributed by atoms with Crippen molar-refractivity contribution in [3.8, 4) is 0 Å². The van der Waals surface area contributed by atoms with Crippen molar-refractivity contribution in [3.05, 3.63) is 42.1 Å². The maximum Gasteiger partial charge on any atom is 0.227 e. The van der Waals surface area contributed by atoms with Crippen molar-refractivity contribution in [3.63, 3.8) is 0 Å². The summed E-state index contributed by atoms with van der Waals surface area (Å²) in [6, 6.07) is 12.4. The third-order valence-corrected chi connectivity index (χ3v) is 5.19. The largest absolute Gasteiger partial charge is 0.376 e. The highest BCUT2D eigenvalue weighted by Crippen LogP contribution is 2.35. The van der Waals surface area contributed by atoms with Crippen LogP contribution >= 0.6 is 0 Å². The van der Waals surface area contributed by atoms with Crippen molar-refractivity contribution in [1.29, 1.82) is 0 Å². The maximum atomic E-state index is 12.3. The molecule has 2 aromatic rings. The molecular weight excluding hydrogens is 302 g/mol. The molecule has 0 aliphatic carbocycles. The zero-order valence-electron chi connectivity index (χ0n) is 14.2. The Morgan fingerprint density at radius 2 is 2.08 bits per heavy atom. The lowest BCUT2D eigenvalue weighted by Crippen LogP contribution is -2.35. The van der Waals surface area contributed by atoms with E-state index in [1.54, 1.807) is 4.90 Å². The molecule has 0 radical (unpaired) electrons. The topological polar surface area (TPSA) is 45.7 Å². The molecule has 2 aliphatic rings. The summed E-state index contributed by atoms with van der Waals surface area (Å²) < 4.78 is 5.89. The number of rotatable bonds is 3. The van der Waals surface area contributed by atoms with E-state index in [1.807, 2.05) is 32.3 Å². The average Bonchev–Trinajstić information content (AvgIpc) is 3.14. The van der Waals surface area contributed by atoms with Gasteiger partial charge in [-0.15, -0.1) is 0 Å². The number of carbonyl (C=O) groups is 1. The third kappa shape index (κ3) is 2.78. The highest BCUT2D eigenvalue weighted by molar-refractivity contribution is 5.79. The van der Waals surface area contributed by atoms with Crippen LogP contribution in [0.5, 0.6) is 0 Å². The Bertz CT molecular complexity index is 761. The van der Waals surface area contributed by atoms with Gasteiger partial charge in [0, 0.05) is 45.0 Å². The summed E-state index contributed by atoms with van der Waals surface area (Å²) in [5.41, 5.74) is 2.11. The number of ether oxygens (including phenoxy) is 1. The Balaban J connectivity index is 1.46. The van der Waals surface area contributed by atoms with Crippen LogP contribution < -0.4 is 0 Å². The zero-order chi connectivity index (χ0) is 16.7. The first-order valence-corrected chi connectivity index (χ1v) is 8.51. The Hall–Kier alpha value is -1.98.